The van der Waals surface area contributed by atoms with Crippen molar-refractivity contribution in [1.29, 1.82) is 0 Å². The molecule has 0 bridgehead atoms. The zero-order valence-electron chi connectivity index (χ0n) is 14.3. The van der Waals surface area contributed by atoms with Crippen molar-refractivity contribution in [3.63, 3.8) is 0 Å². The van der Waals surface area contributed by atoms with E-state index in [1.54, 1.807) is 11.0 Å². The summed E-state index contributed by atoms with van der Waals surface area (Å²) in [5.41, 5.74) is 4.00. The first-order valence-electron chi connectivity index (χ1n) is 8.57. The summed E-state index contributed by atoms with van der Waals surface area (Å²) in [5, 5.41) is 4.57. The van der Waals surface area contributed by atoms with E-state index in [0.717, 1.165) is 5.56 Å². The summed E-state index contributed by atoms with van der Waals surface area (Å²) < 4.78 is 0. The van der Waals surface area contributed by atoms with E-state index < -0.39 is 0 Å². The third-order valence-corrected chi connectivity index (χ3v) is 4.80. The number of rotatable bonds is 4. The molecular weight excluding hydrogens is 350 g/mol. The summed E-state index contributed by atoms with van der Waals surface area (Å²) in [6, 6.07) is 16.5. The molecule has 0 aliphatic carbocycles. The van der Waals surface area contributed by atoms with Crippen molar-refractivity contribution in [3.8, 4) is 0 Å². The Morgan fingerprint density at radius 2 is 1.69 bits per heavy atom. The molecule has 5 nitrogen and oxygen atoms in total. The Hall–Kier alpha value is -2.66. The molecule has 3 rings (SSSR count). The number of nitrogens with one attached hydrogen (secondary N) is 1. The molecule has 0 saturated carbocycles. The molecule has 0 radical (unpaired) electrons. The number of nitrogens with zero attached hydrogens (tertiary/aromatic N) is 2. The molecule has 6 heteroatoms. The zero-order valence-corrected chi connectivity index (χ0v) is 15.0. The van der Waals surface area contributed by atoms with Crippen molar-refractivity contribution in [2.24, 2.45) is 11.0 Å². The smallest absolute Gasteiger partial charge is 0.253 e. The third kappa shape index (κ3) is 4.49. The zero-order chi connectivity index (χ0) is 18.4. The minimum Gasteiger partial charge on any atom is -0.339 e. The Balaban J connectivity index is 1.49. The summed E-state index contributed by atoms with van der Waals surface area (Å²) in [6.07, 6.45) is 2.80. The van der Waals surface area contributed by atoms with Crippen molar-refractivity contribution >= 4 is 29.6 Å². The van der Waals surface area contributed by atoms with Gasteiger partial charge in [-0.25, -0.2) is 5.43 Å². The quantitative estimate of drug-likeness (QED) is 0.663. The first kappa shape index (κ1) is 18.1. The SMILES string of the molecule is O=C(N/N=C\c1ccccc1Cl)C1CCN(C(=O)c2ccccc2)CC1. The van der Waals surface area contributed by atoms with Crippen LogP contribution in [0.2, 0.25) is 5.02 Å². The van der Waals surface area contributed by atoms with E-state index in [-0.39, 0.29) is 17.7 Å². The van der Waals surface area contributed by atoms with Gasteiger partial charge in [0.05, 0.1) is 6.21 Å². The molecule has 0 spiro atoms. The molecule has 2 aromatic carbocycles. The maximum Gasteiger partial charge on any atom is 0.253 e. The molecule has 2 aromatic rings. The maximum atomic E-state index is 12.4. The van der Waals surface area contributed by atoms with Crippen LogP contribution in [0, 0.1) is 5.92 Å². The van der Waals surface area contributed by atoms with Gasteiger partial charge < -0.3 is 4.90 Å². The topological polar surface area (TPSA) is 61.8 Å². The average Bonchev–Trinajstić information content (AvgIpc) is 2.69. The van der Waals surface area contributed by atoms with Gasteiger partial charge in [0.2, 0.25) is 5.91 Å². The van der Waals surface area contributed by atoms with Crippen LogP contribution in [0.25, 0.3) is 0 Å². The lowest BCUT2D eigenvalue weighted by Gasteiger charge is -2.31. The molecule has 1 saturated heterocycles. The van der Waals surface area contributed by atoms with Crippen LogP contribution in [0.1, 0.15) is 28.8 Å². The summed E-state index contributed by atoms with van der Waals surface area (Å²) >= 11 is 6.04. The Kier molecular flexibility index (Phi) is 6.02. The number of halogens is 1. The molecule has 134 valence electrons. The Labute approximate surface area is 157 Å². The van der Waals surface area contributed by atoms with Crippen LogP contribution in [-0.4, -0.2) is 36.0 Å². The lowest BCUT2D eigenvalue weighted by molar-refractivity contribution is -0.126. The molecule has 0 unspecified atom stereocenters. The number of benzene rings is 2. The number of likely N-dealkylation sites (tertiary alicyclic amines) is 1. The molecule has 1 heterocycles. The molecular formula is C20H20ClN3O2. The fourth-order valence-electron chi connectivity index (χ4n) is 2.94. The van der Waals surface area contributed by atoms with Crippen molar-refractivity contribution in [3.05, 3.63) is 70.7 Å². The van der Waals surface area contributed by atoms with Crippen LogP contribution in [0.15, 0.2) is 59.7 Å². The normalized spacial score (nSPS) is 15.2. The second kappa shape index (κ2) is 8.63. The minimum atomic E-state index is -0.141. The predicted molar refractivity (Wildman–Crippen MR) is 102 cm³/mol. The lowest BCUT2D eigenvalue weighted by atomic mass is 9.95. The third-order valence-electron chi connectivity index (χ3n) is 4.46. The molecule has 0 atom stereocenters. The van der Waals surface area contributed by atoms with Crippen LogP contribution < -0.4 is 5.43 Å². The van der Waals surface area contributed by atoms with Crippen LogP contribution in [0.4, 0.5) is 0 Å². The number of hydrogen-bond donors (Lipinski definition) is 1. The minimum absolute atomic E-state index is 0.0150. The Bertz CT molecular complexity index is 800. The number of carbonyl (C=O) groups excluding carboxylic acids is 2. The highest BCUT2D eigenvalue weighted by atomic mass is 35.5. The van der Waals surface area contributed by atoms with E-state index in [9.17, 15) is 9.59 Å². The largest absolute Gasteiger partial charge is 0.339 e. The van der Waals surface area contributed by atoms with E-state index in [1.165, 1.54) is 6.21 Å². The second-order valence-corrected chi connectivity index (χ2v) is 6.60. The maximum absolute atomic E-state index is 12.4. The van der Waals surface area contributed by atoms with Gasteiger partial charge in [0.25, 0.3) is 5.91 Å². The number of carbonyl (C=O) groups is 2. The highest BCUT2D eigenvalue weighted by molar-refractivity contribution is 6.33. The van der Waals surface area contributed by atoms with Crippen LogP contribution >= 0.6 is 11.6 Å². The van der Waals surface area contributed by atoms with Gasteiger partial charge in [-0.05, 0) is 31.0 Å². The van der Waals surface area contributed by atoms with E-state index >= 15 is 0 Å². The number of hydrazone groups is 1. The van der Waals surface area contributed by atoms with Gasteiger partial charge in [-0.3, -0.25) is 9.59 Å². The van der Waals surface area contributed by atoms with Crippen molar-refractivity contribution in [2.75, 3.05) is 13.1 Å². The Morgan fingerprint density at radius 3 is 2.38 bits per heavy atom. The lowest BCUT2D eigenvalue weighted by Crippen LogP contribution is -2.42. The fraction of sp³-hybridized carbons (Fsp3) is 0.250. The van der Waals surface area contributed by atoms with Crippen molar-refractivity contribution in [2.45, 2.75) is 12.8 Å². The van der Waals surface area contributed by atoms with Gasteiger partial charge in [0.1, 0.15) is 0 Å². The van der Waals surface area contributed by atoms with Crippen molar-refractivity contribution in [1.82, 2.24) is 10.3 Å². The highest BCUT2D eigenvalue weighted by Crippen LogP contribution is 2.19. The molecule has 1 fully saturated rings. The van der Waals surface area contributed by atoms with Crippen LogP contribution in [0.3, 0.4) is 0 Å². The molecule has 1 aliphatic heterocycles. The Morgan fingerprint density at radius 1 is 1.04 bits per heavy atom. The predicted octanol–water partition coefficient (Wildman–Crippen LogP) is 3.34. The first-order chi connectivity index (χ1) is 12.6. The monoisotopic (exact) mass is 369 g/mol. The molecule has 26 heavy (non-hydrogen) atoms. The van der Waals surface area contributed by atoms with Gasteiger partial charge in [-0.2, -0.15) is 5.10 Å². The first-order valence-corrected chi connectivity index (χ1v) is 8.94. The van der Waals surface area contributed by atoms with E-state index in [1.807, 2.05) is 48.5 Å². The standard InChI is InChI=1S/C20H20ClN3O2/c21-18-9-5-4-8-17(18)14-22-23-19(25)15-10-12-24(13-11-15)20(26)16-6-2-1-3-7-16/h1-9,14-15H,10-13H2,(H,23,25)/b22-14-. The summed E-state index contributed by atoms with van der Waals surface area (Å²) in [7, 11) is 0. The molecule has 2 amide bonds. The van der Waals surface area contributed by atoms with Gasteiger partial charge in [-0.1, -0.05) is 48.0 Å². The number of amides is 2. The van der Waals surface area contributed by atoms with Crippen LogP contribution in [0.5, 0.6) is 0 Å². The van der Waals surface area contributed by atoms with Gasteiger partial charge in [0.15, 0.2) is 0 Å². The molecule has 1 N–H and O–H groups in total. The summed E-state index contributed by atoms with van der Waals surface area (Å²) in [5.74, 6) is -0.250. The van der Waals surface area contributed by atoms with Gasteiger partial charge in [0, 0.05) is 35.2 Å². The number of hydrogen-bond acceptors (Lipinski definition) is 3. The van der Waals surface area contributed by atoms with E-state index in [0.29, 0.717) is 36.5 Å². The van der Waals surface area contributed by atoms with Crippen molar-refractivity contribution < 1.29 is 9.59 Å². The van der Waals surface area contributed by atoms with E-state index in [4.69, 9.17) is 11.6 Å². The summed E-state index contributed by atoms with van der Waals surface area (Å²) in [6.45, 7) is 1.14. The number of piperidine rings is 1. The second-order valence-electron chi connectivity index (χ2n) is 6.19. The highest BCUT2D eigenvalue weighted by Gasteiger charge is 2.27. The van der Waals surface area contributed by atoms with E-state index in [2.05, 4.69) is 10.5 Å². The van der Waals surface area contributed by atoms with Crippen LogP contribution in [-0.2, 0) is 4.79 Å². The fourth-order valence-corrected chi connectivity index (χ4v) is 3.13. The molecule has 0 aromatic heterocycles. The van der Waals surface area contributed by atoms with Gasteiger partial charge >= 0.3 is 0 Å². The molecule has 1 aliphatic rings. The van der Waals surface area contributed by atoms with Gasteiger partial charge in [-0.15, -0.1) is 0 Å². The average molecular weight is 370 g/mol. The summed E-state index contributed by atoms with van der Waals surface area (Å²) in [4.78, 5) is 26.5.